The van der Waals surface area contributed by atoms with E-state index in [1.165, 1.54) is 12.1 Å². The Kier molecular flexibility index (Phi) is 4.78. The fourth-order valence-electron chi connectivity index (χ4n) is 1.52. The number of hydrogen-bond donors (Lipinski definition) is 0. The zero-order chi connectivity index (χ0) is 12.8. The summed E-state index contributed by atoms with van der Waals surface area (Å²) in [4.78, 5) is 0. The molecule has 2 aromatic rings. The molecule has 1 aromatic carbocycles. The van der Waals surface area contributed by atoms with Crippen LogP contribution in [0.25, 0.3) is 5.69 Å². The van der Waals surface area contributed by atoms with Crippen molar-refractivity contribution in [2.24, 2.45) is 0 Å². The third-order valence-corrected chi connectivity index (χ3v) is 3.35. The zero-order valence-electron chi connectivity index (χ0n) is 10.2. The van der Waals surface area contributed by atoms with E-state index in [0.29, 0.717) is 0 Å². The number of aromatic nitrogens is 2. The van der Waals surface area contributed by atoms with Crippen LogP contribution in [0.1, 0.15) is 5.69 Å². The molecule has 0 aliphatic heterocycles. The van der Waals surface area contributed by atoms with Gasteiger partial charge in [0.15, 0.2) is 0 Å². The lowest BCUT2D eigenvalue weighted by molar-refractivity contribution is 0.218. The lowest BCUT2D eigenvalue weighted by Gasteiger charge is -2.01. The van der Waals surface area contributed by atoms with E-state index in [1.54, 1.807) is 29.6 Å². The van der Waals surface area contributed by atoms with Crippen molar-refractivity contribution in [3.05, 3.63) is 48.0 Å². The minimum Gasteiger partial charge on any atom is -0.384 e. The Morgan fingerprint density at radius 3 is 3.06 bits per heavy atom. The number of methoxy groups -OCH3 is 1. The normalized spacial score (nSPS) is 10.8. The summed E-state index contributed by atoms with van der Waals surface area (Å²) in [5, 5.41) is 4.41. The van der Waals surface area contributed by atoms with Crippen LogP contribution in [0.4, 0.5) is 4.39 Å². The molecule has 0 bridgehead atoms. The van der Waals surface area contributed by atoms with Gasteiger partial charge in [0, 0.05) is 24.8 Å². The third-order valence-electron chi connectivity index (χ3n) is 2.40. The number of ether oxygens (including phenoxy) is 1. The number of nitrogens with zero attached hydrogens (tertiary/aromatic N) is 2. The standard InChI is InChI=1S/C13H15FN2OS/c1-17-7-8-18-10-12-5-6-16(15-12)13-4-2-3-11(14)9-13/h2-6,9H,7-8,10H2,1H3. The van der Waals surface area contributed by atoms with Crippen molar-refractivity contribution < 1.29 is 9.13 Å². The minimum atomic E-state index is -0.251. The van der Waals surface area contributed by atoms with Crippen molar-refractivity contribution in [1.29, 1.82) is 0 Å². The molecular weight excluding hydrogens is 251 g/mol. The van der Waals surface area contributed by atoms with Gasteiger partial charge in [-0.1, -0.05) is 6.07 Å². The molecule has 0 amide bonds. The lowest BCUT2D eigenvalue weighted by Crippen LogP contribution is -1.97. The van der Waals surface area contributed by atoms with Gasteiger partial charge in [0.2, 0.25) is 0 Å². The number of hydrogen-bond acceptors (Lipinski definition) is 3. The Hall–Kier alpha value is -1.33. The lowest BCUT2D eigenvalue weighted by atomic mass is 10.3. The third kappa shape index (κ3) is 3.58. The predicted octanol–water partition coefficient (Wildman–Crippen LogP) is 2.89. The van der Waals surface area contributed by atoms with Crippen LogP contribution in [-0.2, 0) is 10.5 Å². The van der Waals surface area contributed by atoms with E-state index in [-0.39, 0.29) is 5.82 Å². The Morgan fingerprint density at radius 1 is 1.39 bits per heavy atom. The van der Waals surface area contributed by atoms with E-state index in [1.807, 2.05) is 18.3 Å². The van der Waals surface area contributed by atoms with Gasteiger partial charge in [0.1, 0.15) is 5.82 Å². The van der Waals surface area contributed by atoms with Crippen LogP contribution in [0, 0.1) is 5.82 Å². The van der Waals surface area contributed by atoms with Gasteiger partial charge >= 0.3 is 0 Å². The first-order valence-electron chi connectivity index (χ1n) is 5.67. The van der Waals surface area contributed by atoms with Gasteiger partial charge in [-0.2, -0.15) is 16.9 Å². The second-order valence-corrected chi connectivity index (χ2v) is 4.88. The van der Waals surface area contributed by atoms with Crippen LogP contribution in [-0.4, -0.2) is 29.3 Å². The second kappa shape index (κ2) is 6.56. The van der Waals surface area contributed by atoms with Crippen molar-refractivity contribution in [2.75, 3.05) is 19.5 Å². The summed E-state index contributed by atoms with van der Waals surface area (Å²) in [5.41, 5.74) is 1.73. The first-order chi connectivity index (χ1) is 8.79. The average Bonchev–Trinajstić information content (AvgIpc) is 2.83. The smallest absolute Gasteiger partial charge is 0.125 e. The van der Waals surface area contributed by atoms with Gasteiger partial charge in [0.05, 0.1) is 18.0 Å². The highest BCUT2D eigenvalue weighted by Gasteiger charge is 2.02. The number of rotatable bonds is 6. The number of thioether (sulfide) groups is 1. The maximum Gasteiger partial charge on any atom is 0.125 e. The Labute approximate surface area is 110 Å². The zero-order valence-corrected chi connectivity index (χ0v) is 11.0. The summed E-state index contributed by atoms with van der Waals surface area (Å²) in [6.07, 6.45) is 1.85. The average molecular weight is 266 g/mol. The van der Waals surface area contributed by atoms with E-state index in [2.05, 4.69) is 5.10 Å². The summed E-state index contributed by atoms with van der Waals surface area (Å²) in [6, 6.07) is 8.35. The fraction of sp³-hybridized carbons (Fsp3) is 0.308. The quantitative estimate of drug-likeness (QED) is 0.752. The molecule has 0 spiro atoms. The van der Waals surface area contributed by atoms with Gasteiger partial charge in [0.25, 0.3) is 0 Å². The summed E-state index contributed by atoms with van der Waals surface area (Å²) < 4.78 is 19.8. The second-order valence-electron chi connectivity index (χ2n) is 3.78. The highest BCUT2D eigenvalue weighted by atomic mass is 32.2. The molecule has 0 radical (unpaired) electrons. The van der Waals surface area contributed by atoms with Gasteiger partial charge < -0.3 is 4.74 Å². The molecule has 5 heteroatoms. The van der Waals surface area contributed by atoms with E-state index in [9.17, 15) is 4.39 Å². The van der Waals surface area contributed by atoms with E-state index < -0.39 is 0 Å². The van der Waals surface area contributed by atoms with E-state index >= 15 is 0 Å². The monoisotopic (exact) mass is 266 g/mol. The molecule has 0 aliphatic rings. The van der Waals surface area contributed by atoms with Crippen LogP contribution < -0.4 is 0 Å². The van der Waals surface area contributed by atoms with Crippen LogP contribution in [0.15, 0.2) is 36.5 Å². The first-order valence-corrected chi connectivity index (χ1v) is 6.82. The fourth-order valence-corrected chi connectivity index (χ4v) is 2.31. The molecule has 0 fully saturated rings. The Bertz CT molecular complexity index is 501. The van der Waals surface area contributed by atoms with Crippen molar-refractivity contribution >= 4 is 11.8 Å². The molecule has 2 rings (SSSR count). The molecule has 0 saturated heterocycles. The molecule has 0 N–H and O–H groups in total. The molecule has 0 aliphatic carbocycles. The Morgan fingerprint density at radius 2 is 2.28 bits per heavy atom. The molecule has 1 heterocycles. The summed E-state index contributed by atoms with van der Waals surface area (Å²) in [6.45, 7) is 0.745. The molecule has 18 heavy (non-hydrogen) atoms. The topological polar surface area (TPSA) is 27.1 Å². The molecule has 1 aromatic heterocycles. The number of halogens is 1. The maximum absolute atomic E-state index is 13.1. The van der Waals surface area contributed by atoms with E-state index in [0.717, 1.165) is 29.5 Å². The predicted molar refractivity (Wildman–Crippen MR) is 71.6 cm³/mol. The van der Waals surface area contributed by atoms with Gasteiger partial charge in [-0.05, 0) is 24.3 Å². The van der Waals surface area contributed by atoms with Crippen molar-refractivity contribution in [3.8, 4) is 5.69 Å². The largest absolute Gasteiger partial charge is 0.384 e. The highest BCUT2D eigenvalue weighted by Crippen LogP contribution is 2.13. The summed E-state index contributed by atoms with van der Waals surface area (Å²) in [5.74, 6) is 1.54. The van der Waals surface area contributed by atoms with E-state index in [4.69, 9.17) is 4.74 Å². The van der Waals surface area contributed by atoms with Crippen LogP contribution in [0.3, 0.4) is 0 Å². The molecule has 0 atom stereocenters. The van der Waals surface area contributed by atoms with Crippen molar-refractivity contribution in [2.45, 2.75) is 5.75 Å². The molecule has 0 unspecified atom stereocenters. The van der Waals surface area contributed by atoms with Crippen LogP contribution in [0.5, 0.6) is 0 Å². The first kappa shape index (κ1) is 13.1. The van der Waals surface area contributed by atoms with Crippen LogP contribution >= 0.6 is 11.8 Å². The Balaban J connectivity index is 1.97. The molecule has 3 nitrogen and oxygen atoms in total. The highest BCUT2D eigenvalue weighted by molar-refractivity contribution is 7.98. The minimum absolute atomic E-state index is 0.251. The summed E-state index contributed by atoms with van der Waals surface area (Å²) in [7, 11) is 1.69. The van der Waals surface area contributed by atoms with Crippen molar-refractivity contribution in [1.82, 2.24) is 9.78 Å². The maximum atomic E-state index is 13.1. The molecular formula is C13H15FN2OS. The SMILES string of the molecule is COCCSCc1ccn(-c2cccc(F)c2)n1. The van der Waals surface area contributed by atoms with Crippen LogP contribution in [0.2, 0.25) is 0 Å². The van der Waals surface area contributed by atoms with Gasteiger partial charge in [-0.3, -0.25) is 0 Å². The summed E-state index contributed by atoms with van der Waals surface area (Å²) >= 11 is 1.77. The van der Waals surface area contributed by atoms with Gasteiger partial charge in [-0.25, -0.2) is 9.07 Å². The van der Waals surface area contributed by atoms with Gasteiger partial charge in [-0.15, -0.1) is 0 Å². The molecule has 0 saturated carbocycles. The van der Waals surface area contributed by atoms with Crippen molar-refractivity contribution in [3.63, 3.8) is 0 Å². The number of benzene rings is 1. The molecule has 96 valence electrons.